The maximum absolute atomic E-state index is 13.0. The van der Waals surface area contributed by atoms with E-state index in [0.717, 1.165) is 17.0 Å². The highest BCUT2D eigenvalue weighted by atomic mass is 16.6. The summed E-state index contributed by atoms with van der Waals surface area (Å²) in [6.07, 6.45) is 6.67. The molecule has 5 aliphatic rings. The first-order valence-electron chi connectivity index (χ1n) is 10.4. The third-order valence-electron chi connectivity index (χ3n) is 7.18. The van der Waals surface area contributed by atoms with Gasteiger partial charge < -0.3 is 4.42 Å². The predicted molar refractivity (Wildman–Crippen MR) is 110 cm³/mol. The molecule has 8 nitrogen and oxygen atoms in total. The highest BCUT2D eigenvalue weighted by Crippen LogP contribution is 2.65. The second kappa shape index (κ2) is 6.23. The van der Waals surface area contributed by atoms with Gasteiger partial charge in [0, 0.05) is 6.07 Å². The van der Waals surface area contributed by atoms with E-state index in [4.69, 9.17) is 4.42 Å². The average Bonchev–Trinajstić information content (AvgIpc) is 3.39. The number of carbonyl (C=O) groups is 2. The van der Waals surface area contributed by atoms with Crippen LogP contribution in [-0.2, 0) is 9.59 Å². The van der Waals surface area contributed by atoms with E-state index in [1.807, 2.05) is 0 Å². The summed E-state index contributed by atoms with van der Waals surface area (Å²) in [5, 5.41) is 16.5. The Hall–Kier alpha value is -3.55. The number of rotatable bonds is 4. The highest BCUT2D eigenvalue weighted by molar-refractivity contribution is 6.06. The normalized spacial score (nSPS) is 32.6. The number of nitro benzene ring substituents is 1. The number of nitro groups is 1. The Balaban J connectivity index is 1.26. The first-order chi connectivity index (χ1) is 14.9. The minimum atomic E-state index is -0.450. The third-order valence-corrected chi connectivity index (χ3v) is 7.18. The molecule has 0 N–H and O–H groups in total. The van der Waals surface area contributed by atoms with Crippen molar-refractivity contribution in [3.63, 3.8) is 0 Å². The van der Waals surface area contributed by atoms with Crippen LogP contribution in [0.2, 0.25) is 0 Å². The molecule has 1 aromatic heterocycles. The molecule has 3 fully saturated rings. The van der Waals surface area contributed by atoms with Crippen molar-refractivity contribution in [1.29, 1.82) is 0 Å². The number of nitrogens with zero attached hydrogens (tertiary/aromatic N) is 3. The summed E-state index contributed by atoms with van der Waals surface area (Å²) < 4.78 is 5.71. The molecule has 6 atom stereocenters. The quantitative estimate of drug-likeness (QED) is 0.249. The van der Waals surface area contributed by atoms with Gasteiger partial charge in [-0.25, -0.2) is 0 Å². The topological polar surface area (TPSA) is 106 Å². The molecule has 7 rings (SSSR count). The molecule has 2 bridgehead atoms. The number of furan rings is 1. The summed E-state index contributed by atoms with van der Waals surface area (Å²) in [6.45, 7) is 1.78. The van der Waals surface area contributed by atoms with Gasteiger partial charge in [-0.1, -0.05) is 18.2 Å². The number of carbonyl (C=O) groups excluding carboxylic acids is 2. The number of imide groups is 1. The zero-order valence-electron chi connectivity index (χ0n) is 16.7. The fourth-order valence-electron chi connectivity index (χ4n) is 5.74. The van der Waals surface area contributed by atoms with Crippen molar-refractivity contribution in [2.75, 3.05) is 0 Å². The van der Waals surface area contributed by atoms with Crippen molar-refractivity contribution in [3.8, 4) is 11.3 Å². The lowest BCUT2D eigenvalue weighted by Crippen LogP contribution is -2.40. The van der Waals surface area contributed by atoms with E-state index in [0.29, 0.717) is 28.9 Å². The Morgan fingerprint density at radius 1 is 1.10 bits per heavy atom. The van der Waals surface area contributed by atoms with Crippen LogP contribution in [0.5, 0.6) is 0 Å². The number of aryl methyl sites for hydroxylation is 1. The molecule has 4 aliphatic carbocycles. The molecule has 2 heterocycles. The Kier molecular flexibility index (Phi) is 3.66. The highest BCUT2D eigenvalue weighted by Gasteiger charge is 2.67. The van der Waals surface area contributed by atoms with Crippen molar-refractivity contribution in [1.82, 2.24) is 5.01 Å². The maximum Gasteiger partial charge on any atom is 0.280 e. The standard InChI is InChI=1S/C23H19N3O5/c1-11-2-4-15(18(8-11)26(29)30)19-7-3-12(31-19)10-24-25-22(27)20-13-5-6-14(17-9-16(13)17)21(20)23(25)28/h2-8,10,13-14,16-17,20-21H,9H2,1H3/b24-10+/t13-,14-,16-,17-,20-,21+/m1/s1. The van der Waals surface area contributed by atoms with Gasteiger partial charge in [0.25, 0.3) is 17.5 Å². The zero-order valence-corrected chi connectivity index (χ0v) is 16.7. The number of allylic oxidation sites excluding steroid dienone is 2. The molecule has 31 heavy (non-hydrogen) atoms. The minimum Gasteiger partial charge on any atom is -0.455 e. The van der Waals surface area contributed by atoms with Gasteiger partial charge in [-0.15, -0.1) is 0 Å². The van der Waals surface area contributed by atoms with Crippen molar-refractivity contribution in [3.05, 3.63) is 63.9 Å². The monoisotopic (exact) mass is 417 g/mol. The molecular weight excluding hydrogens is 398 g/mol. The predicted octanol–water partition coefficient (Wildman–Crippen LogP) is 3.55. The Labute approximate surface area is 177 Å². The molecule has 156 valence electrons. The van der Waals surface area contributed by atoms with E-state index in [9.17, 15) is 19.7 Å². The molecule has 8 heteroatoms. The molecule has 1 aromatic carbocycles. The van der Waals surface area contributed by atoms with E-state index in [1.54, 1.807) is 31.2 Å². The Morgan fingerprint density at radius 3 is 2.42 bits per heavy atom. The summed E-state index contributed by atoms with van der Waals surface area (Å²) >= 11 is 0. The molecule has 0 radical (unpaired) electrons. The largest absolute Gasteiger partial charge is 0.455 e. The molecular formula is C23H19N3O5. The van der Waals surface area contributed by atoms with Crippen LogP contribution in [0.25, 0.3) is 11.3 Å². The van der Waals surface area contributed by atoms with Crippen molar-refractivity contribution in [2.24, 2.45) is 40.6 Å². The van der Waals surface area contributed by atoms with Crippen LogP contribution in [0.15, 0.2) is 52.0 Å². The SMILES string of the molecule is Cc1ccc(-c2ccc(/C=N/N3C(=O)[C@@H]4[C@@H]5C=C[C@H]([C@H]6C[C@H]56)[C@@H]4C3=O)o2)c([N+](=O)[O-])c1. The number of hydrogen-bond acceptors (Lipinski definition) is 6. The van der Waals surface area contributed by atoms with Gasteiger partial charge in [0.1, 0.15) is 11.5 Å². The number of amides is 2. The Morgan fingerprint density at radius 2 is 1.77 bits per heavy atom. The van der Waals surface area contributed by atoms with E-state index in [1.165, 1.54) is 12.3 Å². The van der Waals surface area contributed by atoms with E-state index in [2.05, 4.69) is 17.3 Å². The average molecular weight is 417 g/mol. The van der Waals surface area contributed by atoms with E-state index >= 15 is 0 Å². The van der Waals surface area contributed by atoms with Crippen LogP contribution in [0, 0.1) is 52.5 Å². The lowest BCUT2D eigenvalue weighted by Gasteiger charge is -2.37. The summed E-state index contributed by atoms with van der Waals surface area (Å²) in [6, 6.07) is 8.13. The van der Waals surface area contributed by atoms with Crippen LogP contribution in [0.4, 0.5) is 5.69 Å². The third kappa shape index (κ3) is 2.57. The fourth-order valence-corrected chi connectivity index (χ4v) is 5.74. The molecule has 0 spiro atoms. The zero-order chi connectivity index (χ0) is 21.4. The van der Waals surface area contributed by atoms with Crippen LogP contribution < -0.4 is 0 Å². The van der Waals surface area contributed by atoms with Crippen LogP contribution >= 0.6 is 0 Å². The van der Waals surface area contributed by atoms with Gasteiger partial charge in [-0.05, 0) is 60.8 Å². The number of hydrazone groups is 1. The summed E-state index contributed by atoms with van der Waals surface area (Å²) in [4.78, 5) is 36.8. The van der Waals surface area contributed by atoms with Crippen molar-refractivity contribution < 1.29 is 18.9 Å². The van der Waals surface area contributed by atoms with E-state index < -0.39 is 4.92 Å². The van der Waals surface area contributed by atoms with E-state index in [-0.39, 0.29) is 41.2 Å². The summed E-state index contributed by atoms with van der Waals surface area (Å²) in [5.41, 5.74) is 1.09. The van der Waals surface area contributed by atoms with Gasteiger partial charge in [0.15, 0.2) is 0 Å². The fraction of sp³-hybridized carbons (Fsp3) is 0.348. The van der Waals surface area contributed by atoms with Crippen molar-refractivity contribution >= 4 is 23.7 Å². The van der Waals surface area contributed by atoms with Crippen LogP contribution in [-0.4, -0.2) is 28.0 Å². The van der Waals surface area contributed by atoms with Gasteiger partial charge in [-0.2, -0.15) is 10.1 Å². The first-order valence-corrected chi connectivity index (χ1v) is 10.4. The summed E-state index contributed by atoms with van der Waals surface area (Å²) in [5.74, 6) is 0.922. The van der Waals surface area contributed by atoms with Gasteiger partial charge in [0.2, 0.25) is 0 Å². The molecule has 1 saturated heterocycles. The second-order valence-electron chi connectivity index (χ2n) is 8.87. The number of benzene rings is 1. The molecule has 0 unspecified atom stereocenters. The van der Waals surface area contributed by atoms with Gasteiger partial charge in [0.05, 0.1) is 28.5 Å². The summed E-state index contributed by atoms with van der Waals surface area (Å²) in [7, 11) is 0. The van der Waals surface area contributed by atoms with Gasteiger partial charge in [-0.3, -0.25) is 19.7 Å². The van der Waals surface area contributed by atoms with Crippen LogP contribution in [0.3, 0.4) is 0 Å². The maximum atomic E-state index is 13.0. The molecule has 2 amide bonds. The minimum absolute atomic E-state index is 0.0478. The molecule has 1 aliphatic heterocycles. The van der Waals surface area contributed by atoms with Gasteiger partial charge >= 0.3 is 0 Å². The first kappa shape index (κ1) is 18.2. The number of hydrogen-bond donors (Lipinski definition) is 0. The lowest BCUT2D eigenvalue weighted by molar-refractivity contribution is -0.384. The second-order valence-corrected chi connectivity index (χ2v) is 8.87. The smallest absolute Gasteiger partial charge is 0.280 e. The Bertz CT molecular complexity index is 1180. The molecule has 2 saturated carbocycles. The van der Waals surface area contributed by atoms with Crippen molar-refractivity contribution in [2.45, 2.75) is 13.3 Å². The lowest BCUT2D eigenvalue weighted by atomic mass is 9.63. The van der Waals surface area contributed by atoms with Crippen LogP contribution in [0.1, 0.15) is 17.7 Å². The molecule has 2 aromatic rings.